The summed E-state index contributed by atoms with van der Waals surface area (Å²) in [6.07, 6.45) is 1.26. The van der Waals surface area contributed by atoms with E-state index in [1.807, 2.05) is 6.92 Å². The van der Waals surface area contributed by atoms with Crippen molar-refractivity contribution in [3.05, 3.63) is 0 Å². The van der Waals surface area contributed by atoms with Gasteiger partial charge in [-0.1, -0.05) is 21.1 Å². The monoisotopic (exact) mass is 177 g/mol. The van der Waals surface area contributed by atoms with Crippen LogP contribution in [0.4, 0.5) is 0 Å². The van der Waals surface area contributed by atoms with E-state index in [0.29, 0.717) is 0 Å². The van der Waals surface area contributed by atoms with Gasteiger partial charge in [-0.05, 0) is 6.92 Å². The van der Waals surface area contributed by atoms with E-state index < -0.39 is 0 Å². The summed E-state index contributed by atoms with van der Waals surface area (Å²) >= 11 is 3.31. The fourth-order valence-electron chi connectivity index (χ4n) is 0.651. The molecule has 1 aliphatic heterocycles. The van der Waals surface area contributed by atoms with E-state index in [0.717, 1.165) is 17.5 Å². The molecule has 0 amide bonds. The summed E-state index contributed by atoms with van der Waals surface area (Å²) in [6.45, 7) is 1.97. The molecular weight excluding hydrogens is 170 g/mol. The maximum atomic E-state index is 4.96. The molecule has 0 radical (unpaired) electrons. The Morgan fingerprint density at radius 3 is 3.00 bits per heavy atom. The highest BCUT2D eigenvalue weighted by atomic mass is 79.9. The second-order valence-electron chi connectivity index (χ2n) is 1.91. The maximum Gasteiger partial charge on any atom is 0.142 e. The normalized spacial score (nSPS) is 27.2. The summed E-state index contributed by atoms with van der Waals surface area (Å²) in [6, 6.07) is 0. The SMILES string of the molecule is CC1=NOC(CBr)C1. The minimum atomic E-state index is 0.287. The molecule has 3 heteroatoms. The Bertz CT molecular complexity index is 113. The van der Waals surface area contributed by atoms with Crippen molar-refractivity contribution >= 4 is 21.6 Å². The van der Waals surface area contributed by atoms with Crippen molar-refractivity contribution in [2.24, 2.45) is 5.16 Å². The molecule has 2 nitrogen and oxygen atoms in total. The molecular formula is C5H8BrNO. The van der Waals surface area contributed by atoms with Crippen LogP contribution in [0.1, 0.15) is 13.3 Å². The molecule has 0 saturated carbocycles. The van der Waals surface area contributed by atoms with Crippen LogP contribution in [0, 0.1) is 0 Å². The Balaban J connectivity index is 2.32. The van der Waals surface area contributed by atoms with Crippen molar-refractivity contribution in [1.29, 1.82) is 0 Å². The first-order valence-corrected chi connectivity index (χ1v) is 3.70. The molecule has 0 bridgehead atoms. The first-order chi connectivity index (χ1) is 3.83. The molecule has 46 valence electrons. The molecule has 1 rings (SSSR count). The fraction of sp³-hybridized carbons (Fsp3) is 0.800. The number of rotatable bonds is 1. The van der Waals surface area contributed by atoms with Gasteiger partial charge in [-0.15, -0.1) is 0 Å². The fourth-order valence-corrected chi connectivity index (χ4v) is 0.998. The van der Waals surface area contributed by atoms with E-state index in [9.17, 15) is 0 Å². The predicted molar refractivity (Wildman–Crippen MR) is 36.4 cm³/mol. The molecule has 0 aromatic carbocycles. The molecule has 1 aliphatic rings. The minimum Gasteiger partial charge on any atom is -0.391 e. The number of halogens is 1. The van der Waals surface area contributed by atoms with Crippen LogP contribution in [0.5, 0.6) is 0 Å². The summed E-state index contributed by atoms with van der Waals surface area (Å²) in [5, 5.41) is 4.66. The third-order valence-electron chi connectivity index (χ3n) is 1.05. The third kappa shape index (κ3) is 1.22. The summed E-state index contributed by atoms with van der Waals surface area (Å²) < 4.78 is 0. The number of alkyl halides is 1. The molecule has 0 aromatic heterocycles. The van der Waals surface area contributed by atoms with E-state index in [1.54, 1.807) is 0 Å². The first kappa shape index (κ1) is 6.08. The molecule has 0 saturated heterocycles. The van der Waals surface area contributed by atoms with Crippen molar-refractivity contribution in [2.45, 2.75) is 19.4 Å². The van der Waals surface area contributed by atoms with Crippen LogP contribution >= 0.6 is 15.9 Å². The lowest BCUT2D eigenvalue weighted by Crippen LogP contribution is -2.06. The largest absolute Gasteiger partial charge is 0.391 e. The minimum absolute atomic E-state index is 0.287. The molecule has 8 heavy (non-hydrogen) atoms. The third-order valence-corrected chi connectivity index (χ3v) is 1.77. The number of hydrogen-bond donors (Lipinski definition) is 0. The van der Waals surface area contributed by atoms with Crippen molar-refractivity contribution in [2.75, 3.05) is 5.33 Å². The smallest absolute Gasteiger partial charge is 0.142 e. The second-order valence-corrected chi connectivity index (χ2v) is 2.56. The van der Waals surface area contributed by atoms with Gasteiger partial charge < -0.3 is 4.84 Å². The van der Waals surface area contributed by atoms with Gasteiger partial charge in [-0.3, -0.25) is 0 Å². The van der Waals surface area contributed by atoms with Crippen LogP contribution in [0.2, 0.25) is 0 Å². The van der Waals surface area contributed by atoms with Gasteiger partial charge >= 0.3 is 0 Å². The second kappa shape index (κ2) is 2.49. The molecule has 0 aliphatic carbocycles. The van der Waals surface area contributed by atoms with Gasteiger partial charge in [-0.25, -0.2) is 0 Å². The van der Waals surface area contributed by atoms with Gasteiger partial charge in [-0.2, -0.15) is 0 Å². The summed E-state index contributed by atoms with van der Waals surface area (Å²) in [5.74, 6) is 0. The van der Waals surface area contributed by atoms with Gasteiger partial charge in [0, 0.05) is 11.8 Å². The molecule has 1 unspecified atom stereocenters. The Morgan fingerprint density at radius 2 is 2.75 bits per heavy atom. The number of nitrogens with zero attached hydrogens (tertiary/aromatic N) is 1. The van der Waals surface area contributed by atoms with Crippen LogP contribution in [0.3, 0.4) is 0 Å². The van der Waals surface area contributed by atoms with Gasteiger partial charge in [0.2, 0.25) is 0 Å². The molecule has 0 spiro atoms. The highest BCUT2D eigenvalue weighted by molar-refractivity contribution is 9.09. The van der Waals surface area contributed by atoms with Gasteiger partial charge in [0.25, 0.3) is 0 Å². The van der Waals surface area contributed by atoms with E-state index in [1.165, 1.54) is 0 Å². The average Bonchev–Trinajstić information content (AvgIpc) is 2.14. The van der Waals surface area contributed by atoms with Crippen molar-refractivity contribution in [3.8, 4) is 0 Å². The zero-order valence-corrected chi connectivity index (χ0v) is 6.31. The van der Waals surface area contributed by atoms with E-state index >= 15 is 0 Å². The predicted octanol–water partition coefficient (Wildman–Crippen LogP) is 1.55. The van der Waals surface area contributed by atoms with Crippen molar-refractivity contribution in [1.82, 2.24) is 0 Å². The van der Waals surface area contributed by atoms with Gasteiger partial charge in [0.15, 0.2) is 0 Å². The lowest BCUT2D eigenvalue weighted by molar-refractivity contribution is 0.104. The van der Waals surface area contributed by atoms with Gasteiger partial charge in [0.05, 0.1) is 5.71 Å². The maximum absolute atomic E-state index is 4.96. The summed E-state index contributed by atoms with van der Waals surface area (Å²) in [7, 11) is 0. The van der Waals surface area contributed by atoms with Crippen LogP contribution in [0.15, 0.2) is 5.16 Å². The van der Waals surface area contributed by atoms with Crippen LogP contribution in [-0.2, 0) is 4.84 Å². The highest BCUT2D eigenvalue weighted by Crippen LogP contribution is 2.11. The number of hydrogen-bond acceptors (Lipinski definition) is 2. The van der Waals surface area contributed by atoms with Crippen molar-refractivity contribution in [3.63, 3.8) is 0 Å². The topological polar surface area (TPSA) is 21.6 Å². The first-order valence-electron chi connectivity index (χ1n) is 2.58. The summed E-state index contributed by atoms with van der Waals surface area (Å²) in [4.78, 5) is 4.96. The lowest BCUT2D eigenvalue weighted by Gasteiger charge is -1.99. The molecule has 0 N–H and O–H groups in total. The Labute approximate surface area is 57.0 Å². The molecule has 0 aromatic rings. The van der Waals surface area contributed by atoms with Crippen LogP contribution in [0.25, 0.3) is 0 Å². The quantitative estimate of drug-likeness (QED) is 0.558. The average molecular weight is 178 g/mol. The zero-order valence-electron chi connectivity index (χ0n) is 4.72. The standard InChI is InChI=1S/C5H8BrNO/c1-4-2-5(3-6)8-7-4/h5H,2-3H2,1H3. The summed E-state index contributed by atoms with van der Waals surface area (Å²) in [5.41, 5.74) is 1.09. The number of oxime groups is 1. The zero-order chi connectivity index (χ0) is 5.98. The van der Waals surface area contributed by atoms with Gasteiger partial charge in [0.1, 0.15) is 6.10 Å². The molecule has 0 fully saturated rings. The van der Waals surface area contributed by atoms with E-state index in [-0.39, 0.29) is 6.10 Å². The Hall–Kier alpha value is -0.0500. The van der Waals surface area contributed by atoms with Crippen molar-refractivity contribution < 1.29 is 4.84 Å². The highest BCUT2D eigenvalue weighted by Gasteiger charge is 2.15. The van der Waals surface area contributed by atoms with Crippen LogP contribution < -0.4 is 0 Å². The Kier molecular flexibility index (Phi) is 1.89. The lowest BCUT2D eigenvalue weighted by atomic mass is 10.2. The van der Waals surface area contributed by atoms with Crippen LogP contribution in [-0.4, -0.2) is 17.1 Å². The Morgan fingerprint density at radius 1 is 2.00 bits per heavy atom. The molecule has 1 atom stereocenters. The van der Waals surface area contributed by atoms with E-state index in [4.69, 9.17) is 4.84 Å². The molecule has 1 heterocycles. The van der Waals surface area contributed by atoms with E-state index in [2.05, 4.69) is 21.1 Å².